The number of thioether (sulfide) groups is 1. The van der Waals surface area contributed by atoms with Gasteiger partial charge >= 0.3 is 0 Å². The molecule has 0 amide bonds. The molecular formula is C14H21ClN2O2S2. The molecule has 1 aromatic rings. The Hall–Kier alpha value is -0.430. The molecule has 7 heteroatoms. The van der Waals surface area contributed by atoms with Crippen molar-refractivity contribution in [1.29, 1.82) is 0 Å². The summed E-state index contributed by atoms with van der Waals surface area (Å²) >= 11 is 7.92. The van der Waals surface area contributed by atoms with E-state index in [9.17, 15) is 8.42 Å². The average molecular weight is 349 g/mol. The summed E-state index contributed by atoms with van der Waals surface area (Å²) in [6, 6.07) is 3.01. The Labute approximate surface area is 135 Å². The van der Waals surface area contributed by atoms with E-state index in [1.165, 1.54) is 6.07 Å². The maximum atomic E-state index is 12.5. The molecule has 3 N–H and O–H groups in total. The van der Waals surface area contributed by atoms with Gasteiger partial charge in [-0.05, 0) is 56.6 Å². The zero-order chi connectivity index (χ0) is 15.6. The van der Waals surface area contributed by atoms with Gasteiger partial charge in [-0.25, -0.2) is 13.1 Å². The highest BCUT2D eigenvalue weighted by Crippen LogP contribution is 2.30. The van der Waals surface area contributed by atoms with E-state index in [2.05, 4.69) is 11.0 Å². The Bertz CT molecular complexity index is 612. The fraction of sp³-hybridized carbons (Fsp3) is 0.571. The van der Waals surface area contributed by atoms with Crippen molar-refractivity contribution in [2.24, 2.45) is 0 Å². The van der Waals surface area contributed by atoms with Gasteiger partial charge in [0.15, 0.2) is 0 Å². The van der Waals surface area contributed by atoms with Crippen LogP contribution in [0.1, 0.15) is 31.2 Å². The lowest BCUT2D eigenvalue weighted by molar-refractivity contribution is 0.420. The summed E-state index contributed by atoms with van der Waals surface area (Å²) in [5, 5.41) is 0.858. The topological polar surface area (TPSA) is 72.2 Å². The number of nitrogen functional groups attached to an aromatic ring is 1. The van der Waals surface area contributed by atoms with Crippen molar-refractivity contribution in [3.8, 4) is 0 Å². The third-order valence-corrected chi connectivity index (χ3v) is 7.06. The highest BCUT2D eigenvalue weighted by Gasteiger charge is 2.27. The maximum Gasteiger partial charge on any atom is 0.242 e. The van der Waals surface area contributed by atoms with Gasteiger partial charge in [-0.15, -0.1) is 0 Å². The molecule has 0 aliphatic heterocycles. The fourth-order valence-corrected chi connectivity index (χ4v) is 5.24. The molecule has 0 atom stereocenters. The van der Waals surface area contributed by atoms with Crippen LogP contribution in [0, 0.1) is 6.92 Å². The minimum Gasteiger partial charge on any atom is -0.398 e. The van der Waals surface area contributed by atoms with Crippen LogP contribution >= 0.6 is 23.4 Å². The highest BCUT2D eigenvalue weighted by atomic mass is 35.5. The number of benzene rings is 1. The molecule has 4 nitrogen and oxygen atoms in total. The van der Waals surface area contributed by atoms with Crippen molar-refractivity contribution >= 4 is 39.1 Å². The Morgan fingerprint density at radius 3 is 2.48 bits per heavy atom. The molecule has 118 valence electrons. The van der Waals surface area contributed by atoms with Crippen LogP contribution in [0.5, 0.6) is 0 Å². The van der Waals surface area contributed by atoms with Gasteiger partial charge in [0, 0.05) is 17.0 Å². The van der Waals surface area contributed by atoms with E-state index in [4.69, 9.17) is 17.3 Å². The lowest BCUT2D eigenvalue weighted by Crippen LogP contribution is -2.38. The Kier molecular flexibility index (Phi) is 5.46. The second kappa shape index (κ2) is 6.77. The molecule has 0 heterocycles. The first-order valence-electron chi connectivity index (χ1n) is 6.94. The van der Waals surface area contributed by atoms with Gasteiger partial charge in [0.1, 0.15) is 4.90 Å². The molecule has 0 spiro atoms. The van der Waals surface area contributed by atoms with Crippen LogP contribution < -0.4 is 10.5 Å². The molecule has 0 radical (unpaired) electrons. The number of nitrogens with two attached hydrogens (primary N) is 1. The SMILES string of the molecule is CSC1CCC(NS(=O)(=O)c2cc(N)c(C)cc2Cl)CC1. The summed E-state index contributed by atoms with van der Waals surface area (Å²) < 4.78 is 27.7. The second-order valence-electron chi connectivity index (χ2n) is 5.47. The first kappa shape index (κ1) is 16.9. The highest BCUT2D eigenvalue weighted by molar-refractivity contribution is 7.99. The van der Waals surface area contributed by atoms with Crippen molar-refractivity contribution in [2.45, 2.75) is 48.8 Å². The van der Waals surface area contributed by atoms with E-state index in [-0.39, 0.29) is 16.0 Å². The molecule has 0 aromatic heterocycles. The van der Waals surface area contributed by atoms with Crippen molar-refractivity contribution in [3.05, 3.63) is 22.7 Å². The smallest absolute Gasteiger partial charge is 0.242 e. The van der Waals surface area contributed by atoms with Gasteiger partial charge in [0.25, 0.3) is 0 Å². The molecule has 1 fully saturated rings. The van der Waals surface area contributed by atoms with E-state index in [1.807, 2.05) is 11.8 Å². The Morgan fingerprint density at radius 1 is 1.29 bits per heavy atom. The molecule has 2 rings (SSSR count). The van der Waals surface area contributed by atoms with Crippen LogP contribution in [0.2, 0.25) is 5.02 Å². The molecule has 1 aliphatic carbocycles. The standard InChI is InChI=1S/C14H21ClN2O2S2/c1-9-7-12(15)14(8-13(9)16)21(18,19)17-10-3-5-11(20-2)6-4-10/h7-8,10-11,17H,3-6,16H2,1-2H3. The van der Waals surface area contributed by atoms with Gasteiger partial charge in [0.2, 0.25) is 10.0 Å². The van der Waals surface area contributed by atoms with E-state index in [0.717, 1.165) is 31.2 Å². The first-order chi connectivity index (χ1) is 9.83. The van der Waals surface area contributed by atoms with Crippen LogP contribution in [0.3, 0.4) is 0 Å². The maximum absolute atomic E-state index is 12.5. The molecule has 1 aromatic carbocycles. The minimum absolute atomic E-state index is 0.0167. The predicted molar refractivity (Wildman–Crippen MR) is 90.5 cm³/mol. The van der Waals surface area contributed by atoms with E-state index < -0.39 is 10.0 Å². The molecule has 21 heavy (non-hydrogen) atoms. The summed E-state index contributed by atoms with van der Waals surface area (Å²) in [4.78, 5) is 0.0688. The normalized spacial score (nSPS) is 23.2. The van der Waals surface area contributed by atoms with E-state index >= 15 is 0 Å². The summed E-state index contributed by atoms with van der Waals surface area (Å²) in [6.07, 6.45) is 5.91. The number of hydrogen-bond acceptors (Lipinski definition) is 4. The van der Waals surface area contributed by atoms with Gasteiger partial charge in [-0.2, -0.15) is 11.8 Å². The number of nitrogens with one attached hydrogen (secondary N) is 1. The number of halogens is 1. The van der Waals surface area contributed by atoms with Crippen molar-refractivity contribution < 1.29 is 8.42 Å². The number of anilines is 1. The van der Waals surface area contributed by atoms with Gasteiger partial charge in [0.05, 0.1) is 5.02 Å². The van der Waals surface area contributed by atoms with Gasteiger partial charge in [-0.1, -0.05) is 11.6 Å². The quantitative estimate of drug-likeness (QED) is 0.820. The predicted octanol–water partition coefficient (Wildman–Crippen LogP) is 3.18. The lowest BCUT2D eigenvalue weighted by atomic mass is 9.96. The molecule has 0 bridgehead atoms. The molecule has 0 unspecified atom stereocenters. The van der Waals surface area contributed by atoms with E-state index in [1.54, 1.807) is 13.0 Å². The largest absolute Gasteiger partial charge is 0.398 e. The summed E-state index contributed by atoms with van der Waals surface area (Å²) in [7, 11) is -3.62. The van der Waals surface area contributed by atoms with Crippen LogP contribution in [0.4, 0.5) is 5.69 Å². The van der Waals surface area contributed by atoms with E-state index in [0.29, 0.717) is 10.9 Å². The van der Waals surface area contributed by atoms with Crippen LogP contribution in [0.15, 0.2) is 17.0 Å². The lowest BCUT2D eigenvalue weighted by Gasteiger charge is -2.28. The number of sulfonamides is 1. The zero-order valence-corrected chi connectivity index (χ0v) is 14.6. The Balaban J connectivity index is 2.14. The molecule has 0 saturated heterocycles. The fourth-order valence-electron chi connectivity index (χ4n) is 2.57. The third-order valence-electron chi connectivity index (χ3n) is 3.94. The average Bonchev–Trinajstić information content (AvgIpc) is 2.43. The zero-order valence-electron chi connectivity index (χ0n) is 12.2. The molecule has 1 saturated carbocycles. The minimum atomic E-state index is -3.62. The molecular weight excluding hydrogens is 328 g/mol. The molecule has 1 aliphatic rings. The van der Waals surface area contributed by atoms with Gasteiger partial charge < -0.3 is 5.73 Å². The number of hydrogen-bond donors (Lipinski definition) is 2. The summed E-state index contributed by atoms with van der Waals surface area (Å²) in [6.45, 7) is 1.80. The Morgan fingerprint density at radius 2 is 1.90 bits per heavy atom. The first-order valence-corrected chi connectivity index (χ1v) is 10.1. The summed E-state index contributed by atoms with van der Waals surface area (Å²) in [5.74, 6) is 0. The van der Waals surface area contributed by atoms with Gasteiger partial charge in [-0.3, -0.25) is 0 Å². The van der Waals surface area contributed by atoms with Crippen molar-refractivity contribution in [2.75, 3.05) is 12.0 Å². The second-order valence-corrected chi connectivity index (χ2v) is 8.70. The van der Waals surface area contributed by atoms with Crippen molar-refractivity contribution in [1.82, 2.24) is 4.72 Å². The summed E-state index contributed by atoms with van der Waals surface area (Å²) in [5.41, 5.74) is 7.02. The monoisotopic (exact) mass is 348 g/mol. The van der Waals surface area contributed by atoms with Crippen molar-refractivity contribution in [3.63, 3.8) is 0 Å². The third kappa shape index (κ3) is 4.06. The number of aryl methyl sites for hydroxylation is 1. The van der Waals surface area contributed by atoms with Crippen LogP contribution in [-0.4, -0.2) is 26.0 Å². The van der Waals surface area contributed by atoms with Crippen LogP contribution in [0.25, 0.3) is 0 Å². The number of rotatable bonds is 4. The van der Waals surface area contributed by atoms with Crippen LogP contribution in [-0.2, 0) is 10.0 Å².